The number of benzene rings is 1. The second kappa shape index (κ2) is 6.72. The van der Waals surface area contributed by atoms with Crippen molar-refractivity contribution < 1.29 is 19.6 Å². The molecule has 1 spiro atoms. The summed E-state index contributed by atoms with van der Waals surface area (Å²) in [5.41, 5.74) is 1.69. The van der Waals surface area contributed by atoms with Crippen LogP contribution >= 0.6 is 0 Å². The minimum absolute atomic E-state index is 0.294. The molecule has 1 unspecified atom stereocenters. The zero-order chi connectivity index (χ0) is 19.5. The van der Waals surface area contributed by atoms with Gasteiger partial charge in [-0.15, -0.1) is 0 Å². The average Bonchev–Trinajstić information content (AvgIpc) is 2.65. The predicted molar refractivity (Wildman–Crippen MR) is 107 cm³/mol. The van der Waals surface area contributed by atoms with Crippen LogP contribution in [0.1, 0.15) is 69.9 Å². The van der Waals surface area contributed by atoms with Gasteiger partial charge in [0.1, 0.15) is 5.75 Å². The molecule has 4 aliphatic carbocycles. The molecule has 1 heterocycles. The molecule has 1 aromatic carbocycles. The highest BCUT2D eigenvalue weighted by atomic mass is 17.3. The van der Waals surface area contributed by atoms with E-state index in [2.05, 4.69) is 19.9 Å². The Morgan fingerprint density at radius 2 is 1.75 bits per heavy atom. The van der Waals surface area contributed by atoms with Crippen molar-refractivity contribution in [3.05, 3.63) is 29.3 Å². The van der Waals surface area contributed by atoms with E-state index in [9.17, 15) is 5.11 Å². The smallest absolute Gasteiger partial charge is 0.260 e. The Morgan fingerprint density at radius 1 is 1.07 bits per heavy atom. The fourth-order valence-corrected chi connectivity index (χ4v) is 6.98. The average molecular weight is 387 g/mol. The van der Waals surface area contributed by atoms with Crippen molar-refractivity contribution in [2.45, 2.75) is 76.6 Å². The summed E-state index contributed by atoms with van der Waals surface area (Å²) in [6.07, 6.45) is 9.55. The van der Waals surface area contributed by atoms with Gasteiger partial charge in [-0.05, 0) is 98.3 Å². The molecule has 4 bridgehead atoms. The molecule has 1 saturated heterocycles. The Balaban J connectivity index is 1.50. The normalized spacial score (nSPS) is 42.0. The van der Waals surface area contributed by atoms with Crippen molar-refractivity contribution >= 4 is 0 Å². The molecule has 4 saturated carbocycles. The van der Waals surface area contributed by atoms with E-state index in [-0.39, 0.29) is 0 Å². The number of hydrogen-bond acceptors (Lipinski definition) is 4. The molecule has 1 aromatic rings. The Morgan fingerprint density at radius 3 is 2.29 bits per heavy atom. The lowest BCUT2D eigenvalue weighted by atomic mass is 9.47. The molecule has 1 aliphatic heterocycles. The summed E-state index contributed by atoms with van der Waals surface area (Å²) in [5, 5.41) is 10.5. The van der Waals surface area contributed by atoms with Crippen LogP contribution in [0, 0.1) is 29.6 Å². The van der Waals surface area contributed by atoms with Crippen molar-refractivity contribution in [3.8, 4) is 5.75 Å². The standard InChI is InChI=1S/C24H34O4/c1-4-15(2)5-6-16-8-21(14-22(25)13-16)24(26-3)23(27-28-24)19-9-17-7-18(11-19)12-20(23)10-17/h8,13-15,17-20,25H,4-7,9-12H2,1-3H3/t15-,17?,18?,19?,20?,23?,24?/m1/s1. The van der Waals surface area contributed by atoms with Gasteiger partial charge in [0.15, 0.2) is 5.60 Å². The predicted octanol–water partition coefficient (Wildman–Crippen LogP) is 5.33. The summed E-state index contributed by atoms with van der Waals surface area (Å²) in [7, 11) is 1.73. The van der Waals surface area contributed by atoms with Gasteiger partial charge < -0.3 is 9.84 Å². The largest absolute Gasteiger partial charge is 0.508 e. The zero-order valence-electron chi connectivity index (χ0n) is 17.4. The van der Waals surface area contributed by atoms with E-state index in [1.807, 2.05) is 12.1 Å². The van der Waals surface area contributed by atoms with Crippen LogP contribution in [0.15, 0.2) is 18.2 Å². The van der Waals surface area contributed by atoms with Crippen LogP contribution in [0.25, 0.3) is 0 Å². The molecule has 0 radical (unpaired) electrons. The van der Waals surface area contributed by atoms with Gasteiger partial charge in [-0.1, -0.05) is 20.3 Å². The number of ether oxygens (including phenoxy) is 1. The van der Waals surface area contributed by atoms with Gasteiger partial charge in [0.2, 0.25) is 0 Å². The first-order valence-electron chi connectivity index (χ1n) is 11.3. The maximum Gasteiger partial charge on any atom is 0.260 e. The van der Waals surface area contributed by atoms with E-state index in [4.69, 9.17) is 14.5 Å². The lowest BCUT2D eigenvalue weighted by Crippen LogP contribution is -2.76. The van der Waals surface area contributed by atoms with Crippen molar-refractivity contribution in [3.63, 3.8) is 0 Å². The number of aryl methyl sites for hydroxylation is 1. The van der Waals surface area contributed by atoms with Crippen LogP contribution in [0.2, 0.25) is 0 Å². The van der Waals surface area contributed by atoms with Crippen molar-refractivity contribution in [1.82, 2.24) is 0 Å². The molecule has 5 fully saturated rings. The fraction of sp³-hybridized carbons (Fsp3) is 0.750. The van der Waals surface area contributed by atoms with Gasteiger partial charge in [0.05, 0.1) is 0 Å². The fourth-order valence-electron chi connectivity index (χ4n) is 6.98. The first-order chi connectivity index (χ1) is 13.5. The highest BCUT2D eigenvalue weighted by Gasteiger charge is 2.76. The Hall–Kier alpha value is -1.10. The molecule has 28 heavy (non-hydrogen) atoms. The van der Waals surface area contributed by atoms with Gasteiger partial charge in [-0.25, -0.2) is 4.89 Å². The summed E-state index contributed by atoms with van der Waals surface area (Å²) < 4.78 is 6.14. The summed E-state index contributed by atoms with van der Waals surface area (Å²) >= 11 is 0. The van der Waals surface area contributed by atoms with Crippen LogP contribution < -0.4 is 0 Å². The van der Waals surface area contributed by atoms with E-state index in [1.54, 1.807) is 7.11 Å². The minimum Gasteiger partial charge on any atom is -0.508 e. The number of phenols is 1. The number of hydrogen-bond donors (Lipinski definition) is 1. The summed E-state index contributed by atoms with van der Waals surface area (Å²) in [4.78, 5) is 11.9. The Kier molecular flexibility index (Phi) is 4.53. The first-order valence-corrected chi connectivity index (χ1v) is 11.3. The molecule has 5 aliphatic rings. The molecule has 154 valence electrons. The molecule has 2 atom stereocenters. The molecule has 0 amide bonds. The number of phenolic OH excluding ortho intramolecular Hbond substituents is 1. The monoisotopic (exact) mass is 386 g/mol. The first kappa shape index (κ1) is 18.9. The van der Waals surface area contributed by atoms with E-state index < -0.39 is 11.4 Å². The maximum atomic E-state index is 10.5. The van der Waals surface area contributed by atoms with Gasteiger partial charge in [-0.3, -0.25) is 0 Å². The van der Waals surface area contributed by atoms with E-state index in [1.165, 1.54) is 38.5 Å². The van der Waals surface area contributed by atoms with Gasteiger partial charge in [-0.2, -0.15) is 4.89 Å². The molecule has 0 aromatic heterocycles. The molecule has 4 nitrogen and oxygen atoms in total. The Labute approximate surface area is 168 Å². The topological polar surface area (TPSA) is 47.9 Å². The lowest BCUT2D eigenvalue weighted by Gasteiger charge is -2.68. The van der Waals surface area contributed by atoms with Crippen LogP contribution in [0.5, 0.6) is 5.75 Å². The van der Waals surface area contributed by atoms with Crippen LogP contribution in [-0.2, 0) is 26.7 Å². The second-order valence-corrected chi connectivity index (χ2v) is 10.0. The van der Waals surface area contributed by atoms with E-state index in [0.717, 1.165) is 35.8 Å². The number of methoxy groups -OCH3 is 1. The van der Waals surface area contributed by atoms with Crippen molar-refractivity contribution in [2.75, 3.05) is 7.11 Å². The van der Waals surface area contributed by atoms with E-state index >= 15 is 0 Å². The number of rotatable bonds is 6. The van der Waals surface area contributed by atoms with Gasteiger partial charge >= 0.3 is 0 Å². The molecular formula is C24H34O4. The zero-order valence-corrected chi connectivity index (χ0v) is 17.4. The van der Waals surface area contributed by atoms with Gasteiger partial charge in [0.25, 0.3) is 5.79 Å². The second-order valence-electron chi connectivity index (χ2n) is 10.0. The molecule has 6 rings (SSSR count). The van der Waals surface area contributed by atoms with Crippen molar-refractivity contribution in [1.29, 1.82) is 0 Å². The lowest BCUT2D eigenvalue weighted by molar-refractivity contribution is -0.645. The van der Waals surface area contributed by atoms with Crippen LogP contribution in [0.3, 0.4) is 0 Å². The third-order valence-electron chi connectivity index (χ3n) is 8.43. The summed E-state index contributed by atoms with van der Waals surface area (Å²) in [5.74, 6) is 2.76. The van der Waals surface area contributed by atoms with Crippen molar-refractivity contribution in [2.24, 2.45) is 29.6 Å². The minimum atomic E-state index is -0.889. The highest BCUT2D eigenvalue weighted by Crippen LogP contribution is 2.69. The highest BCUT2D eigenvalue weighted by molar-refractivity contribution is 5.39. The molecule has 4 heteroatoms. The summed E-state index contributed by atoms with van der Waals surface area (Å²) in [6.45, 7) is 4.51. The molecule has 1 N–H and O–H groups in total. The molecular weight excluding hydrogens is 352 g/mol. The summed E-state index contributed by atoms with van der Waals surface area (Å²) in [6, 6.07) is 5.89. The third-order valence-corrected chi connectivity index (χ3v) is 8.43. The third kappa shape index (κ3) is 2.54. The van der Waals surface area contributed by atoms with Crippen LogP contribution in [-0.4, -0.2) is 17.8 Å². The maximum absolute atomic E-state index is 10.5. The quantitative estimate of drug-likeness (QED) is 0.672. The number of aromatic hydroxyl groups is 1. The van der Waals surface area contributed by atoms with Crippen LogP contribution in [0.4, 0.5) is 0 Å². The Bertz CT molecular complexity index is 712. The van der Waals surface area contributed by atoms with E-state index in [0.29, 0.717) is 23.5 Å². The SMILES string of the molecule is CC[C@@H](C)CCc1cc(O)cc(C2(OC)OOC23C2CC4CC(C2)CC3C4)c1. The van der Waals surface area contributed by atoms with Gasteiger partial charge in [0, 0.05) is 12.7 Å².